The van der Waals surface area contributed by atoms with Crippen molar-refractivity contribution in [1.82, 2.24) is 0 Å². The maximum atomic E-state index is 12.5. The molecule has 9 heteroatoms. The van der Waals surface area contributed by atoms with E-state index in [1.54, 1.807) is 20.8 Å². The van der Waals surface area contributed by atoms with Crippen molar-refractivity contribution in [2.24, 2.45) is 17.2 Å². The molecule has 0 fully saturated rings. The summed E-state index contributed by atoms with van der Waals surface area (Å²) >= 11 is 0. The fourth-order valence-electron chi connectivity index (χ4n) is 3.99. The topological polar surface area (TPSA) is 149 Å². The first kappa shape index (κ1) is 30.1. The average molecular weight is 516 g/mol. The van der Waals surface area contributed by atoms with Crippen LogP contribution in [0, 0.1) is 0 Å². The van der Waals surface area contributed by atoms with Crippen molar-refractivity contribution in [3.05, 3.63) is 71.3 Å². The molecule has 0 aliphatic carbocycles. The lowest BCUT2D eigenvalue weighted by Crippen LogP contribution is -2.43. The zero-order valence-corrected chi connectivity index (χ0v) is 22.2. The Morgan fingerprint density at radius 2 is 1.59 bits per heavy atom. The van der Waals surface area contributed by atoms with E-state index in [2.05, 4.69) is 6.92 Å². The van der Waals surface area contributed by atoms with Crippen LogP contribution in [0.1, 0.15) is 56.8 Å². The predicted octanol–water partition coefficient (Wildman–Crippen LogP) is 4.01. The van der Waals surface area contributed by atoms with Crippen LogP contribution in [0.15, 0.2) is 54.6 Å². The van der Waals surface area contributed by atoms with E-state index in [-0.39, 0.29) is 19.6 Å². The molecule has 9 nitrogen and oxygen atoms in total. The minimum absolute atomic E-state index is 0.0312. The van der Waals surface area contributed by atoms with E-state index in [0.29, 0.717) is 6.42 Å². The highest BCUT2D eigenvalue weighted by Crippen LogP contribution is 2.23. The number of carbonyl (C=O) groups is 2. The Morgan fingerprint density at radius 1 is 0.946 bits per heavy atom. The smallest absolute Gasteiger partial charge is 0.443 e. The molecule has 0 radical (unpaired) electrons. The van der Waals surface area contributed by atoms with Crippen LogP contribution >= 0.6 is 0 Å². The summed E-state index contributed by atoms with van der Waals surface area (Å²) in [6.07, 6.45) is -2.47. The van der Waals surface area contributed by atoms with Crippen molar-refractivity contribution in [1.29, 1.82) is 0 Å². The van der Waals surface area contributed by atoms with Gasteiger partial charge in [-0.25, -0.2) is 9.59 Å². The Balaban J connectivity index is 2.19. The van der Waals surface area contributed by atoms with E-state index in [1.165, 1.54) is 0 Å². The van der Waals surface area contributed by atoms with E-state index in [4.69, 9.17) is 36.1 Å². The number of aryl methyl sites for hydroxylation is 1. The van der Waals surface area contributed by atoms with Crippen molar-refractivity contribution in [3.8, 4) is 0 Å². The molecule has 0 saturated heterocycles. The number of carbonyl (C=O) groups excluding carboxylic acids is 2. The van der Waals surface area contributed by atoms with E-state index in [0.717, 1.165) is 23.1 Å². The third-order valence-corrected chi connectivity index (χ3v) is 5.70. The highest BCUT2D eigenvalue weighted by molar-refractivity contribution is 5.65. The maximum Gasteiger partial charge on any atom is 0.509 e. The summed E-state index contributed by atoms with van der Waals surface area (Å²) in [5, 5.41) is 0. The maximum absolute atomic E-state index is 12.5. The van der Waals surface area contributed by atoms with Crippen LogP contribution in [0.4, 0.5) is 9.59 Å². The lowest BCUT2D eigenvalue weighted by atomic mass is 9.95. The highest BCUT2D eigenvalue weighted by atomic mass is 16.7. The van der Waals surface area contributed by atoms with Crippen molar-refractivity contribution in [3.63, 3.8) is 0 Å². The standard InChI is InChI=1S/C28H41N3O6/c1-5-20-13-9-10-14-22(20)23(30)16-21(35-27(33)37-28(2,3)4)18-34-25(17-29)24(36-26(31)32)15-19-11-7-6-8-12-19/h6-14,21,23-25H,5,15-18,29-30H2,1-4H3,(H2,31,32). The van der Waals surface area contributed by atoms with Gasteiger partial charge in [0.05, 0.1) is 6.61 Å². The molecule has 0 aliphatic rings. The molecule has 2 aromatic rings. The molecule has 0 aromatic heterocycles. The fourth-order valence-corrected chi connectivity index (χ4v) is 3.99. The lowest BCUT2D eigenvalue weighted by molar-refractivity contribution is -0.0857. The molecule has 4 atom stereocenters. The number of hydrogen-bond acceptors (Lipinski definition) is 8. The van der Waals surface area contributed by atoms with Gasteiger partial charge in [0.2, 0.25) is 0 Å². The second-order valence-electron chi connectivity index (χ2n) is 9.87. The summed E-state index contributed by atoms with van der Waals surface area (Å²) in [6.45, 7) is 7.33. The van der Waals surface area contributed by atoms with Crippen LogP contribution in [0.3, 0.4) is 0 Å². The van der Waals surface area contributed by atoms with E-state index >= 15 is 0 Å². The number of rotatable bonds is 13. The molecule has 0 spiro atoms. The molecule has 1 amide bonds. The third kappa shape index (κ3) is 10.8. The molecule has 0 saturated carbocycles. The molecule has 6 N–H and O–H groups in total. The Hall–Kier alpha value is -3.14. The van der Waals surface area contributed by atoms with E-state index < -0.39 is 42.2 Å². The van der Waals surface area contributed by atoms with Crippen molar-refractivity contribution in [2.45, 2.75) is 76.9 Å². The summed E-state index contributed by atoms with van der Waals surface area (Å²) in [5.41, 5.74) is 20.1. The second kappa shape index (κ2) is 14.6. The van der Waals surface area contributed by atoms with E-state index in [1.807, 2.05) is 54.6 Å². The molecule has 37 heavy (non-hydrogen) atoms. The van der Waals surface area contributed by atoms with Crippen molar-refractivity contribution in [2.75, 3.05) is 13.2 Å². The number of nitrogens with two attached hydrogens (primary N) is 3. The summed E-state index contributed by atoms with van der Waals surface area (Å²) in [4.78, 5) is 24.1. The van der Waals surface area contributed by atoms with Crippen LogP contribution in [0.5, 0.6) is 0 Å². The van der Waals surface area contributed by atoms with Crippen LogP contribution in [-0.2, 0) is 31.8 Å². The Bertz CT molecular complexity index is 979. The second-order valence-corrected chi connectivity index (χ2v) is 9.87. The predicted molar refractivity (Wildman–Crippen MR) is 142 cm³/mol. The van der Waals surface area contributed by atoms with Gasteiger partial charge in [0.15, 0.2) is 0 Å². The van der Waals surface area contributed by atoms with Crippen LogP contribution < -0.4 is 17.2 Å². The zero-order valence-electron chi connectivity index (χ0n) is 22.2. The monoisotopic (exact) mass is 515 g/mol. The van der Waals surface area contributed by atoms with Gasteiger partial charge in [-0.1, -0.05) is 61.5 Å². The summed E-state index contributed by atoms with van der Waals surface area (Å²) in [5.74, 6) is 0. The molecule has 0 bridgehead atoms. The quantitative estimate of drug-likeness (QED) is 0.339. The molecule has 0 aliphatic heterocycles. The van der Waals surface area contributed by atoms with Gasteiger partial charge in [-0.15, -0.1) is 0 Å². The third-order valence-electron chi connectivity index (χ3n) is 5.70. The number of hydrogen-bond donors (Lipinski definition) is 3. The molecule has 0 heterocycles. The van der Waals surface area contributed by atoms with E-state index in [9.17, 15) is 9.59 Å². The van der Waals surface area contributed by atoms with Gasteiger partial charge < -0.3 is 36.1 Å². The Morgan fingerprint density at radius 3 is 2.19 bits per heavy atom. The van der Waals surface area contributed by atoms with Gasteiger partial charge in [0.25, 0.3) is 0 Å². The first-order valence-electron chi connectivity index (χ1n) is 12.6. The number of benzene rings is 2. The van der Waals surface area contributed by atoms with Crippen molar-refractivity contribution >= 4 is 12.2 Å². The van der Waals surface area contributed by atoms with Gasteiger partial charge >= 0.3 is 12.2 Å². The van der Waals surface area contributed by atoms with Crippen LogP contribution in [-0.4, -0.2) is 49.3 Å². The first-order valence-corrected chi connectivity index (χ1v) is 12.6. The van der Waals surface area contributed by atoms with Gasteiger partial charge in [-0.3, -0.25) is 0 Å². The summed E-state index contributed by atoms with van der Waals surface area (Å²) < 4.78 is 22.4. The minimum Gasteiger partial charge on any atom is -0.443 e. The SMILES string of the molecule is CCc1ccccc1C(N)CC(COC(CN)C(Cc1ccccc1)OC(N)=O)OC(=O)OC(C)(C)C. The molecule has 2 aromatic carbocycles. The molecular weight excluding hydrogens is 474 g/mol. The van der Waals surface area contributed by atoms with Crippen LogP contribution in [0.2, 0.25) is 0 Å². The highest BCUT2D eigenvalue weighted by Gasteiger charge is 2.29. The Kier molecular flexibility index (Phi) is 11.8. The zero-order chi connectivity index (χ0) is 27.4. The first-order chi connectivity index (χ1) is 17.5. The lowest BCUT2D eigenvalue weighted by Gasteiger charge is -2.29. The summed E-state index contributed by atoms with van der Waals surface area (Å²) in [6, 6.07) is 16.9. The largest absolute Gasteiger partial charge is 0.509 e. The Labute approximate surface area is 219 Å². The van der Waals surface area contributed by atoms with Gasteiger partial charge in [0, 0.05) is 25.4 Å². The molecule has 2 rings (SSSR count). The van der Waals surface area contributed by atoms with Gasteiger partial charge in [0.1, 0.15) is 23.9 Å². The van der Waals surface area contributed by atoms with Gasteiger partial charge in [-0.05, 0) is 43.9 Å². The molecule has 4 unspecified atom stereocenters. The van der Waals surface area contributed by atoms with Crippen LogP contribution in [0.25, 0.3) is 0 Å². The number of ether oxygens (including phenoxy) is 4. The van der Waals surface area contributed by atoms with Gasteiger partial charge in [-0.2, -0.15) is 0 Å². The number of amides is 1. The minimum atomic E-state index is -0.928. The fraction of sp³-hybridized carbons (Fsp3) is 0.500. The number of primary amides is 1. The average Bonchev–Trinajstić information content (AvgIpc) is 2.83. The summed E-state index contributed by atoms with van der Waals surface area (Å²) in [7, 11) is 0. The molecular formula is C28H41N3O6. The van der Waals surface area contributed by atoms with Crippen molar-refractivity contribution < 1.29 is 28.5 Å². The normalized spacial score (nSPS) is 14.8. The molecule has 204 valence electrons.